The number of nitrogens with one attached hydrogen (secondary N) is 1. The van der Waals surface area contributed by atoms with Gasteiger partial charge in [-0.2, -0.15) is 0 Å². The van der Waals surface area contributed by atoms with Crippen LogP contribution in [-0.4, -0.2) is 22.8 Å². The SMILES string of the molecule is Cc1cc([C@H]2[C@H](C(=O)O)C2(C)C)ccc1NC(=O)OC(C)(C)C. The van der Waals surface area contributed by atoms with Crippen molar-refractivity contribution in [2.75, 3.05) is 5.32 Å². The van der Waals surface area contributed by atoms with Crippen molar-refractivity contribution in [1.82, 2.24) is 0 Å². The van der Waals surface area contributed by atoms with Crippen molar-refractivity contribution < 1.29 is 19.4 Å². The topological polar surface area (TPSA) is 75.6 Å². The quantitative estimate of drug-likeness (QED) is 0.877. The summed E-state index contributed by atoms with van der Waals surface area (Å²) in [4.78, 5) is 23.2. The number of carboxylic acid groups (broad SMARTS) is 1. The number of anilines is 1. The first-order chi connectivity index (χ1) is 10.4. The van der Waals surface area contributed by atoms with E-state index in [0.29, 0.717) is 5.69 Å². The smallest absolute Gasteiger partial charge is 0.412 e. The fourth-order valence-electron chi connectivity index (χ4n) is 3.15. The molecular weight excluding hydrogens is 294 g/mol. The van der Waals surface area contributed by atoms with Gasteiger partial charge in [-0.15, -0.1) is 0 Å². The second kappa shape index (κ2) is 5.55. The van der Waals surface area contributed by atoms with Gasteiger partial charge in [-0.3, -0.25) is 10.1 Å². The molecule has 1 amide bonds. The van der Waals surface area contributed by atoms with Crippen molar-refractivity contribution in [2.45, 2.75) is 53.1 Å². The number of ether oxygens (including phenoxy) is 1. The highest BCUT2D eigenvalue weighted by atomic mass is 16.6. The summed E-state index contributed by atoms with van der Waals surface area (Å²) >= 11 is 0. The molecule has 1 saturated carbocycles. The fourth-order valence-corrected chi connectivity index (χ4v) is 3.15. The summed E-state index contributed by atoms with van der Waals surface area (Å²) in [6.45, 7) is 11.3. The summed E-state index contributed by atoms with van der Waals surface area (Å²) in [5.74, 6) is -1.10. The van der Waals surface area contributed by atoms with Crippen molar-refractivity contribution in [2.24, 2.45) is 11.3 Å². The lowest BCUT2D eigenvalue weighted by molar-refractivity contribution is -0.139. The van der Waals surface area contributed by atoms with Crippen molar-refractivity contribution >= 4 is 17.7 Å². The van der Waals surface area contributed by atoms with Gasteiger partial charge in [0.05, 0.1) is 5.92 Å². The predicted molar refractivity (Wildman–Crippen MR) is 88.7 cm³/mol. The van der Waals surface area contributed by atoms with Gasteiger partial charge in [0, 0.05) is 11.6 Å². The van der Waals surface area contributed by atoms with E-state index in [-0.39, 0.29) is 17.3 Å². The minimum absolute atomic E-state index is 0.00859. The standard InChI is InChI=1S/C18H25NO4/c1-10-9-11(13-14(15(20)21)18(13,5)6)7-8-12(10)19-16(22)23-17(2,3)4/h7-9,13-14H,1-6H3,(H,19,22)(H,20,21)/t13-,14+/m0/s1. The van der Waals surface area contributed by atoms with E-state index in [2.05, 4.69) is 5.32 Å². The molecular formula is C18H25NO4. The van der Waals surface area contributed by atoms with Gasteiger partial charge >= 0.3 is 12.1 Å². The van der Waals surface area contributed by atoms with Crippen LogP contribution in [-0.2, 0) is 9.53 Å². The molecule has 0 bridgehead atoms. The molecule has 0 unspecified atom stereocenters. The Labute approximate surface area is 137 Å². The van der Waals surface area contributed by atoms with Crippen molar-refractivity contribution in [3.05, 3.63) is 29.3 Å². The fraction of sp³-hybridized carbons (Fsp3) is 0.556. The van der Waals surface area contributed by atoms with Crippen molar-refractivity contribution in [3.63, 3.8) is 0 Å². The lowest BCUT2D eigenvalue weighted by Crippen LogP contribution is -2.27. The van der Waals surface area contributed by atoms with Crippen LogP contribution in [0.3, 0.4) is 0 Å². The minimum atomic E-state index is -0.756. The Morgan fingerprint density at radius 2 is 1.87 bits per heavy atom. The van der Waals surface area contributed by atoms with Crippen LogP contribution in [0.2, 0.25) is 0 Å². The van der Waals surface area contributed by atoms with E-state index in [0.717, 1.165) is 11.1 Å². The van der Waals surface area contributed by atoms with Crippen molar-refractivity contribution in [3.8, 4) is 0 Å². The number of hydrogen-bond donors (Lipinski definition) is 2. The van der Waals surface area contributed by atoms with E-state index in [9.17, 15) is 14.7 Å². The van der Waals surface area contributed by atoms with E-state index < -0.39 is 17.7 Å². The third kappa shape index (κ3) is 3.66. The molecule has 2 atom stereocenters. The highest BCUT2D eigenvalue weighted by Crippen LogP contribution is 2.64. The second-order valence-corrected chi connectivity index (χ2v) is 7.82. The Bertz CT molecular complexity index is 643. The number of benzene rings is 1. The van der Waals surface area contributed by atoms with Gasteiger partial charge in [0.2, 0.25) is 0 Å². The molecule has 0 aliphatic heterocycles. The Hall–Kier alpha value is -2.04. The van der Waals surface area contributed by atoms with E-state index in [4.69, 9.17) is 4.74 Å². The maximum absolute atomic E-state index is 11.8. The monoisotopic (exact) mass is 319 g/mol. The van der Waals surface area contributed by atoms with Crippen LogP contribution in [0, 0.1) is 18.3 Å². The molecule has 2 N–H and O–H groups in total. The molecule has 1 aromatic rings. The van der Waals surface area contributed by atoms with Crippen LogP contribution in [0.25, 0.3) is 0 Å². The van der Waals surface area contributed by atoms with Gasteiger partial charge in [-0.05, 0) is 50.3 Å². The molecule has 5 heteroatoms. The van der Waals surface area contributed by atoms with Gasteiger partial charge < -0.3 is 9.84 Å². The van der Waals surface area contributed by atoms with Gasteiger partial charge in [0.25, 0.3) is 0 Å². The molecule has 1 aliphatic carbocycles. The van der Waals surface area contributed by atoms with Gasteiger partial charge in [0.1, 0.15) is 5.60 Å². The number of aliphatic carboxylic acids is 1. The maximum atomic E-state index is 11.8. The number of aryl methyl sites for hydroxylation is 1. The van der Waals surface area contributed by atoms with Crippen LogP contribution in [0.4, 0.5) is 10.5 Å². The summed E-state index contributed by atoms with van der Waals surface area (Å²) in [5.41, 5.74) is 1.77. The molecule has 5 nitrogen and oxygen atoms in total. The Morgan fingerprint density at radius 3 is 2.30 bits per heavy atom. The molecule has 0 saturated heterocycles. The van der Waals surface area contributed by atoms with Gasteiger partial charge in [-0.25, -0.2) is 4.79 Å². The molecule has 1 aliphatic rings. The summed E-state index contributed by atoms with van der Waals surface area (Å²) in [6.07, 6.45) is -0.497. The highest BCUT2D eigenvalue weighted by Gasteiger charge is 2.62. The average molecular weight is 319 g/mol. The first-order valence-electron chi connectivity index (χ1n) is 7.77. The van der Waals surface area contributed by atoms with Gasteiger partial charge in [0.15, 0.2) is 0 Å². The largest absolute Gasteiger partial charge is 0.481 e. The second-order valence-electron chi connectivity index (χ2n) is 7.82. The number of hydrogen-bond acceptors (Lipinski definition) is 3. The molecule has 1 aromatic carbocycles. The predicted octanol–water partition coefficient (Wildman–Crippen LogP) is 4.17. The number of rotatable bonds is 3. The third-order valence-electron chi connectivity index (χ3n) is 4.34. The van der Waals surface area contributed by atoms with Crippen LogP contribution in [0.1, 0.15) is 51.7 Å². The molecule has 126 valence electrons. The molecule has 2 rings (SSSR count). The normalized spacial score (nSPS) is 22.3. The molecule has 1 fully saturated rings. The summed E-state index contributed by atoms with van der Waals surface area (Å²) in [6, 6.07) is 5.64. The van der Waals surface area contributed by atoms with E-state index >= 15 is 0 Å². The number of amides is 1. The number of carbonyl (C=O) groups is 2. The average Bonchev–Trinajstić information content (AvgIpc) is 2.92. The van der Waals surface area contributed by atoms with E-state index in [1.165, 1.54) is 0 Å². The van der Waals surface area contributed by atoms with Gasteiger partial charge in [-0.1, -0.05) is 26.0 Å². The lowest BCUT2D eigenvalue weighted by atomic mass is 10.0. The summed E-state index contributed by atoms with van der Waals surface area (Å²) in [5, 5.41) is 12.0. The highest BCUT2D eigenvalue weighted by molar-refractivity contribution is 5.86. The zero-order valence-electron chi connectivity index (χ0n) is 14.6. The number of carboxylic acids is 1. The van der Waals surface area contributed by atoms with Crippen LogP contribution in [0.5, 0.6) is 0 Å². The Kier molecular flexibility index (Phi) is 4.18. The third-order valence-corrected chi connectivity index (χ3v) is 4.34. The summed E-state index contributed by atoms with van der Waals surface area (Å²) < 4.78 is 5.24. The molecule has 0 radical (unpaired) electrons. The zero-order valence-corrected chi connectivity index (χ0v) is 14.6. The molecule has 0 heterocycles. The molecule has 0 spiro atoms. The lowest BCUT2D eigenvalue weighted by Gasteiger charge is -2.20. The Morgan fingerprint density at radius 1 is 1.26 bits per heavy atom. The molecule has 23 heavy (non-hydrogen) atoms. The zero-order chi connectivity index (χ0) is 17.6. The van der Waals surface area contributed by atoms with Crippen LogP contribution < -0.4 is 5.32 Å². The van der Waals surface area contributed by atoms with Crippen LogP contribution in [0.15, 0.2) is 18.2 Å². The maximum Gasteiger partial charge on any atom is 0.412 e. The molecule has 0 aromatic heterocycles. The van der Waals surface area contributed by atoms with E-state index in [1.807, 2.05) is 59.7 Å². The van der Waals surface area contributed by atoms with Crippen molar-refractivity contribution in [1.29, 1.82) is 0 Å². The minimum Gasteiger partial charge on any atom is -0.481 e. The summed E-state index contributed by atoms with van der Waals surface area (Å²) in [7, 11) is 0. The number of carbonyl (C=O) groups excluding carboxylic acids is 1. The van der Waals surface area contributed by atoms with E-state index in [1.54, 1.807) is 0 Å². The first kappa shape index (κ1) is 17.3. The van der Waals surface area contributed by atoms with Crippen LogP contribution >= 0.6 is 0 Å². The first-order valence-corrected chi connectivity index (χ1v) is 7.77. The Balaban J connectivity index is 2.14.